The number of hydrogen-bond acceptors (Lipinski definition) is 1. The SMILES string of the molecule is C=CCCc1cnc[nH]1. The Morgan fingerprint density at radius 1 is 1.78 bits per heavy atom. The second-order valence-corrected chi connectivity index (χ2v) is 1.90. The molecule has 0 aromatic carbocycles. The lowest BCUT2D eigenvalue weighted by atomic mass is 10.2. The summed E-state index contributed by atoms with van der Waals surface area (Å²) in [6.45, 7) is 3.63. The van der Waals surface area contributed by atoms with Gasteiger partial charge in [-0.3, -0.25) is 0 Å². The van der Waals surface area contributed by atoms with E-state index < -0.39 is 0 Å². The molecule has 0 unspecified atom stereocenters. The number of aromatic amines is 1. The molecule has 9 heavy (non-hydrogen) atoms. The highest BCUT2D eigenvalue weighted by Gasteiger charge is 1.88. The van der Waals surface area contributed by atoms with E-state index in [1.165, 1.54) is 5.69 Å². The van der Waals surface area contributed by atoms with E-state index in [0.717, 1.165) is 12.8 Å². The Hall–Kier alpha value is -1.05. The zero-order chi connectivity index (χ0) is 6.53. The first-order chi connectivity index (χ1) is 4.43. The van der Waals surface area contributed by atoms with Crippen LogP contribution in [0.4, 0.5) is 0 Å². The van der Waals surface area contributed by atoms with Crippen LogP contribution in [0.5, 0.6) is 0 Å². The van der Waals surface area contributed by atoms with Gasteiger partial charge in [-0.05, 0) is 12.8 Å². The minimum Gasteiger partial charge on any atom is -0.348 e. The van der Waals surface area contributed by atoms with E-state index in [1.807, 2.05) is 12.3 Å². The van der Waals surface area contributed by atoms with E-state index in [2.05, 4.69) is 16.5 Å². The van der Waals surface area contributed by atoms with E-state index in [-0.39, 0.29) is 0 Å². The van der Waals surface area contributed by atoms with Gasteiger partial charge in [0, 0.05) is 11.9 Å². The minimum atomic E-state index is 1.02. The first kappa shape index (κ1) is 6.08. The molecule has 1 rings (SSSR count). The van der Waals surface area contributed by atoms with Gasteiger partial charge in [-0.2, -0.15) is 0 Å². The van der Waals surface area contributed by atoms with Crippen LogP contribution in [-0.2, 0) is 6.42 Å². The lowest BCUT2D eigenvalue weighted by molar-refractivity contribution is 0.961. The molecule has 1 N–H and O–H groups in total. The molecule has 1 aromatic rings. The van der Waals surface area contributed by atoms with E-state index in [4.69, 9.17) is 0 Å². The van der Waals surface area contributed by atoms with Crippen LogP contribution in [0.3, 0.4) is 0 Å². The van der Waals surface area contributed by atoms with Crippen molar-refractivity contribution in [3.63, 3.8) is 0 Å². The molecule has 2 nitrogen and oxygen atoms in total. The summed E-state index contributed by atoms with van der Waals surface area (Å²) in [5.74, 6) is 0. The van der Waals surface area contributed by atoms with Crippen LogP contribution in [0, 0.1) is 0 Å². The fraction of sp³-hybridized carbons (Fsp3) is 0.286. The van der Waals surface area contributed by atoms with Gasteiger partial charge in [0.25, 0.3) is 0 Å². The molecular weight excluding hydrogens is 112 g/mol. The predicted molar refractivity (Wildman–Crippen MR) is 37.1 cm³/mol. The quantitative estimate of drug-likeness (QED) is 0.605. The summed E-state index contributed by atoms with van der Waals surface area (Å²) in [5.41, 5.74) is 1.18. The molecule has 1 aromatic heterocycles. The van der Waals surface area contributed by atoms with Crippen molar-refractivity contribution in [3.05, 3.63) is 30.9 Å². The number of H-pyrrole nitrogens is 1. The number of imidazole rings is 1. The Labute approximate surface area is 54.6 Å². The van der Waals surface area contributed by atoms with Crippen LogP contribution in [0.15, 0.2) is 25.2 Å². The summed E-state index contributed by atoms with van der Waals surface area (Å²) >= 11 is 0. The molecule has 0 fully saturated rings. The van der Waals surface area contributed by atoms with Gasteiger partial charge < -0.3 is 4.98 Å². The van der Waals surface area contributed by atoms with Crippen molar-refractivity contribution >= 4 is 0 Å². The summed E-state index contributed by atoms with van der Waals surface area (Å²) in [7, 11) is 0. The Balaban J connectivity index is 2.38. The van der Waals surface area contributed by atoms with E-state index >= 15 is 0 Å². The van der Waals surface area contributed by atoms with Crippen molar-refractivity contribution in [2.24, 2.45) is 0 Å². The Morgan fingerprint density at radius 3 is 3.22 bits per heavy atom. The second-order valence-electron chi connectivity index (χ2n) is 1.90. The van der Waals surface area contributed by atoms with Crippen molar-refractivity contribution < 1.29 is 0 Å². The van der Waals surface area contributed by atoms with E-state index in [9.17, 15) is 0 Å². The number of aryl methyl sites for hydroxylation is 1. The van der Waals surface area contributed by atoms with Crippen LogP contribution < -0.4 is 0 Å². The minimum absolute atomic E-state index is 1.02. The van der Waals surface area contributed by atoms with Crippen LogP contribution >= 0.6 is 0 Å². The summed E-state index contributed by atoms with van der Waals surface area (Å²) < 4.78 is 0. The number of hydrogen-bond donors (Lipinski definition) is 1. The first-order valence-electron chi connectivity index (χ1n) is 3.01. The smallest absolute Gasteiger partial charge is 0.0921 e. The maximum Gasteiger partial charge on any atom is 0.0921 e. The number of aromatic nitrogens is 2. The van der Waals surface area contributed by atoms with Crippen molar-refractivity contribution in [2.45, 2.75) is 12.8 Å². The Bertz CT molecular complexity index is 165. The van der Waals surface area contributed by atoms with E-state index in [1.54, 1.807) is 6.33 Å². The average molecular weight is 122 g/mol. The van der Waals surface area contributed by atoms with Gasteiger partial charge in [-0.1, -0.05) is 6.08 Å². The van der Waals surface area contributed by atoms with Crippen LogP contribution in [-0.4, -0.2) is 9.97 Å². The third-order valence-corrected chi connectivity index (χ3v) is 1.17. The molecule has 0 aliphatic rings. The number of nitrogens with one attached hydrogen (secondary N) is 1. The Kier molecular flexibility index (Phi) is 2.07. The van der Waals surface area contributed by atoms with Gasteiger partial charge in [0.15, 0.2) is 0 Å². The van der Waals surface area contributed by atoms with Gasteiger partial charge in [0.1, 0.15) is 0 Å². The lowest BCUT2D eigenvalue weighted by Crippen LogP contribution is -1.80. The summed E-state index contributed by atoms with van der Waals surface area (Å²) in [6, 6.07) is 0. The largest absolute Gasteiger partial charge is 0.348 e. The monoisotopic (exact) mass is 122 g/mol. The topological polar surface area (TPSA) is 28.7 Å². The highest BCUT2D eigenvalue weighted by Crippen LogP contribution is 1.95. The zero-order valence-corrected chi connectivity index (χ0v) is 5.30. The van der Waals surface area contributed by atoms with E-state index in [0.29, 0.717) is 0 Å². The third kappa shape index (κ3) is 1.72. The first-order valence-corrected chi connectivity index (χ1v) is 3.01. The molecule has 0 radical (unpaired) electrons. The fourth-order valence-electron chi connectivity index (χ4n) is 0.679. The fourth-order valence-corrected chi connectivity index (χ4v) is 0.679. The summed E-state index contributed by atoms with van der Waals surface area (Å²) in [5, 5.41) is 0. The van der Waals surface area contributed by atoms with Gasteiger partial charge in [0.2, 0.25) is 0 Å². The molecular formula is C7H10N2. The maximum atomic E-state index is 3.89. The maximum absolute atomic E-state index is 3.89. The van der Waals surface area contributed by atoms with Crippen molar-refractivity contribution in [1.82, 2.24) is 9.97 Å². The summed E-state index contributed by atoms with van der Waals surface area (Å²) in [4.78, 5) is 6.90. The molecule has 1 heterocycles. The normalized spacial score (nSPS) is 9.33. The molecule has 0 saturated heterocycles. The average Bonchev–Trinajstić information content (AvgIpc) is 2.34. The standard InChI is InChI=1S/C7H10N2/c1-2-3-4-7-5-8-6-9-7/h2,5-6H,1,3-4H2,(H,8,9). The molecule has 0 spiro atoms. The number of rotatable bonds is 3. The lowest BCUT2D eigenvalue weighted by Gasteiger charge is -1.87. The molecule has 0 aliphatic carbocycles. The number of allylic oxidation sites excluding steroid dienone is 1. The summed E-state index contributed by atoms with van der Waals surface area (Å²) in [6.07, 6.45) is 7.47. The molecule has 2 heteroatoms. The highest BCUT2D eigenvalue weighted by molar-refractivity contribution is 4.95. The van der Waals surface area contributed by atoms with Gasteiger partial charge in [0.05, 0.1) is 6.33 Å². The van der Waals surface area contributed by atoms with Gasteiger partial charge >= 0.3 is 0 Å². The zero-order valence-electron chi connectivity index (χ0n) is 5.30. The second kappa shape index (κ2) is 3.07. The third-order valence-electron chi connectivity index (χ3n) is 1.17. The molecule has 0 saturated carbocycles. The molecule has 0 amide bonds. The Morgan fingerprint density at radius 2 is 2.67 bits per heavy atom. The molecule has 0 bridgehead atoms. The van der Waals surface area contributed by atoms with Crippen LogP contribution in [0.1, 0.15) is 12.1 Å². The van der Waals surface area contributed by atoms with Crippen LogP contribution in [0.25, 0.3) is 0 Å². The number of nitrogens with zero attached hydrogens (tertiary/aromatic N) is 1. The predicted octanol–water partition coefficient (Wildman–Crippen LogP) is 1.53. The molecule has 0 atom stereocenters. The van der Waals surface area contributed by atoms with Crippen molar-refractivity contribution in [2.75, 3.05) is 0 Å². The molecule has 0 aliphatic heterocycles. The van der Waals surface area contributed by atoms with Gasteiger partial charge in [-0.15, -0.1) is 6.58 Å². The highest BCUT2D eigenvalue weighted by atomic mass is 14.9. The van der Waals surface area contributed by atoms with Crippen molar-refractivity contribution in [3.8, 4) is 0 Å². The molecule has 48 valence electrons. The van der Waals surface area contributed by atoms with Crippen LogP contribution in [0.2, 0.25) is 0 Å². The van der Waals surface area contributed by atoms with Gasteiger partial charge in [-0.25, -0.2) is 4.98 Å². The van der Waals surface area contributed by atoms with Crippen molar-refractivity contribution in [1.29, 1.82) is 0 Å².